The van der Waals surface area contributed by atoms with E-state index in [0.717, 1.165) is 31.6 Å². The van der Waals surface area contributed by atoms with Gasteiger partial charge in [-0.2, -0.15) is 0 Å². The van der Waals surface area contributed by atoms with Crippen molar-refractivity contribution in [1.82, 2.24) is 5.32 Å². The van der Waals surface area contributed by atoms with Gasteiger partial charge < -0.3 is 10.1 Å². The molecule has 1 fully saturated rings. The van der Waals surface area contributed by atoms with E-state index in [1.54, 1.807) is 18.4 Å². The number of methoxy groups -OCH3 is 1. The first-order valence-electron chi connectivity index (χ1n) is 6.47. The summed E-state index contributed by atoms with van der Waals surface area (Å²) in [5.74, 6) is 0.0433. The molecule has 4 heteroatoms. The Morgan fingerprint density at radius 3 is 2.78 bits per heavy atom. The van der Waals surface area contributed by atoms with E-state index in [2.05, 4.69) is 5.32 Å². The molecule has 0 atom stereocenters. The molecule has 0 unspecified atom stereocenters. The smallest absolute Gasteiger partial charge is 0.252 e. The van der Waals surface area contributed by atoms with Gasteiger partial charge in [-0.1, -0.05) is 12.8 Å². The van der Waals surface area contributed by atoms with Gasteiger partial charge in [0.25, 0.3) is 5.91 Å². The molecule has 2 rings (SSSR count). The fourth-order valence-corrected chi connectivity index (χ4v) is 3.42. The second kappa shape index (κ2) is 5.85. The molecule has 0 radical (unpaired) electrons. The van der Waals surface area contributed by atoms with Crippen molar-refractivity contribution in [2.75, 3.05) is 20.3 Å². The quantitative estimate of drug-likeness (QED) is 0.890. The van der Waals surface area contributed by atoms with Crippen LogP contribution in [0.4, 0.5) is 0 Å². The first-order chi connectivity index (χ1) is 8.65. The summed E-state index contributed by atoms with van der Waals surface area (Å²) in [6.07, 6.45) is 4.81. The second-order valence-corrected chi connectivity index (χ2v) is 6.38. The summed E-state index contributed by atoms with van der Waals surface area (Å²) in [6, 6.07) is 1.94. The highest BCUT2D eigenvalue weighted by molar-refractivity contribution is 7.10. The van der Waals surface area contributed by atoms with Crippen molar-refractivity contribution in [1.29, 1.82) is 0 Å². The van der Waals surface area contributed by atoms with Crippen molar-refractivity contribution in [2.24, 2.45) is 5.41 Å². The zero-order chi connectivity index (χ0) is 13.0. The molecule has 0 bridgehead atoms. The minimum absolute atomic E-state index is 0.0433. The second-order valence-electron chi connectivity index (χ2n) is 5.27. The molecule has 3 nitrogen and oxygen atoms in total. The Bertz CT molecular complexity index is 408. The molecule has 1 saturated carbocycles. The van der Waals surface area contributed by atoms with Crippen molar-refractivity contribution in [3.05, 3.63) is 21.9 Å². The molecule has 1 aromatic rings. The predicted molar refractivity (Wildman–Crippen MR) is 74.2 cm³/mol. The number of carbonyl (C=O) groups is 1. The van der Waals surface area contributed by atoms with E-state index in [4.69, 9.17) is 4.74 Å². The van der Waals surface area contributed by atoms with Gasteiger partial charge in [0, 0.05) is 29.3 Å². The summed E-state index contributed by atoms with van der Waals surface area (Å²) in [5, 5.41) is 4.99. The van der Waals surface area contributed by atoms with Crippen LogP contribution in [-0.2, 0) is 4.74 Å². The normalized spacial score (nSPS) is 17.9. The third kappa shape index (κ3) is 3.12. The Labute approximate surface area is 113 Å². The molecule has 0 saturated heterocycles. The maximum Gasteiger partial charge on any atom is 0.252 e. The first kappa shape index (κ1) is 13.6. The van der Waals surface area contributed by atoms with E-state index in [1.165, 1.54) is 17.7 Å². The van der Waals surface area contributed by atoms with Crippen LogP contribution < -0.4 is 5.32 Å². The van der Waals surface area contributed by atoms with Gasteiger partial charge in [-0.25, -0.2) is 0 Å². The molecular formula is C14H21NO2S. The van der Waals surface area contributed by atoms with Gasteiger partial charge in [-0.3, -0.25) is 4.79 Å². The lowest BCUT2D eigenvalue weighted by molar-refractivity contribution is 0.0741. The molecule has 0 aromatic carbocycles. The third-order valence-electron chi connectivity index (χ3n) is 3.73. The number of hydrogen-bond acceptors (Lipinski definition) is 3. The predicted octanol–water partition coefficient (Wildman–Crippen LogP) is 2.99. The Hall–Kier alpha value is -0.870. The average Bonchev–Trinajstić information content (AvgIpc) is 2.97. The van der Waals surface area contributed by atoms with Crippen molar-refractivity contribution in [2.45, 2.75) is 32.6 Å². The molecule has 1 aliphatic carbocycles. The summed E-state index contributed by atoms with van der Waals surface area (Å²) in [6.45, 7) is 3.50. The highest BCUT2D eigenvalue weighted by Crippen LogP contribution is 2.37. The zero-order valence-corrected chi connectivity index (χ0v) is 11.9. The number of thiophene rings is 1. The maximum atomic E-state index is 12.0. The summed E-state index contributed by atoms with van der Waals surface area (Å²) < 4.78 is 5.32. The van der Waals surface area contributed by atoms with Crippen LogP contribution in [0.2, 0.25) is 0 Å². The highest BCUT2D eigenvalue weighted by Gasteiger charge is 2.34. The lowest BCUT2D eigenvalue weighted by atomic mass is 9.87. The van der Waals surface area contributed by atoms with Crippen molar-refractivity contribution < 1.29 is 9.53 Å². The molecule has 1 amide bonds. The monoisotopic (exact) mass is 267 g/mol. The fraction of sp³-hybridized carbons (Fsp3) is 0.643. The van der Waals surface area contributed by atoms with E-state index in [1.807, 2.05) is 18.4 Å². The third-order valence-corrected chi connectivity index (χ3v) is 4.59. The summed E-state index contributed by atoms with van der Waals surface area (Å²) in [7, 11) is 1.74. The van der Waals surface area contributed by atoms with Crippen molar-refractivity contribution >= 4 is 17.2 Å². The average molecular weight is 267 g/mol. The van der Waals surface area contributed by atoms with Crippen LogP contribution in [0.3, 0.4) is 0 Å². The van der Waals surface area contributed by atoms with Gasteiger partial charge in [0.1, 0.15) is 0 Å². The van der Waals surface area contributed by atoms with Crippen molar-refractivity contribution in [3.8, 4) is 0 Å². The fourth-order valence-electron chi connectivity index (χ4n) is 2.74. The molecule has 0 aliphatic heterocycles. The summed E-state index contributed by atoms with van der Waals surface area (Å²) >= 11 is 1.61. The topological polar surface area (TPSA) is 38.3 Å². The number of carbonyl (C=O) groups excluding carboxylic acids is 1. The zero-order valence-electron chi connectivity index (χ0n) is 11.1. The Balaban J connectivity index is 1.91. The number of amides is 1. The van der Waals surface area contributed by atoms with E-state index in [9.17, 15) is 4.79 Å². The van der Waals surface area contributed by atoms with Crippen LogP contribution in [0.15, 0.2) is 11.4 Å². The molecule has 1 aromatic heterocycles. The number of nitrogens with one attached hydrogen (secondary N) is 1. The lowest BCUT2D eigenvalue weighted by Gasteiger charge is -2.28. The van der Waals surface area contributed by atoms with Crippen LogP contribution in [-0.4, -0.2) is 26.2 Å². The van der Waals surface area contributed by atoms with Crippen LogP contribution >= 0.6 is 11.3 Å². The van der Waals surface area contributed by atoms with Gasteiger partial charge in [0.2, 0.25) is 0 Å². The van der Waals surface area contributed by atoms with Crippen LogP contribution in [0.25, 0.3) is 0 Å². The van der Waals surface area contributed by atoms with E-state index < -0.39 is 0 Å². The largest absolute Gasteiger partial charge is 0.384 e. The molecule has 1 heterocycles. The van der Waals surface area contributed by atoms with E-state index in [0.29, 0.717) is 0 Å². The summed E-state index contributed by atoms with van der Waals surface area (Å²) in [5.41, 5.74) is 0.943. The Morgan fingerprint density at radius 1 is 1.50 bits per heavy atom. The van der Waals surface area contributed by atoms with Crippen molar-refractivity contribution in [3.63, 3.8) is 0 Å². The SMILES string of the molecule is COCC1(CNC(=O)c2csc(C)c2)CCCC1. The molecule has 100 valence electrons. The minimum atomic E-state index is 0.0433. The number of ether oxygens (including phenoxy) is 1. The Morgan fingerprint density at radius 2 is 2.22 bits per heavy atom. The van der Waals surface area contributed by atoms with E-state index >= 15 is 0 Å². The maximum absolute atomic E-state index is 12.0. The van der Waals surface area contributed by atoms with Gasteiger partial charge in [-0.15, -0.1) is 11.3 Å². The van der Waals surface area contributed by atoms with Gasteiger partial charge >= 0.3 is 0 Å². The number of rotatable bonds is 5. The van der Waals surface area contributed by atoms with E-state index in [-0.39, 0.29) is 11.3 Å². The molecule has 1 N–H and O–H groups in total. The Kier molecular flexibility index (Phi) is 4.40. The molecular weight excluding hydrogens is 246 g/mol. The van der Waals surface area contributed by atoms with Crippen LogP contribution in [0.1, 0.15) is 40.9 Å². The molecule has 1 aliphatic rings. The van der Waals surface area contributed by atoms with Gasteiger partial charge in [0.05, 0.1) is 12.2 Å². The van der Waals surface area contributed by atoms with Crippen LogP contribution in [0, 0.1) is 12.3 Å². The summed E-state index contributed by atoms with van der Waals surface area (Å²) in [4.78, 5) is 13.2. The standard InChI is InChI=1S/C14H21NO2S/c1-11-7-12(8-18-11)13(16)15-9-14(10-17-2)5-3-4-6-14/h7-8H,3-6,9-10H2,1-2H3,(H,15,16). The van der Waals surface area contributed by atoms with Gasteiger partial charge in [-0.05, 0) is 25.8 Å². The minimum Gasteiger partial charge on any atom is -0.384 e. The number of aryl methyl sites for hydroxylation is 1. The first-order valence-corrected chi connectivity index (χ1v) is 7.35. The van der Waals surface area contributed by atoms with Crippen LogP contribution in [0.5, 0.6) is 0 Å². The lowest BCUT2D eigenvalue weighted by Crippen LogP contribution is -2.38. The highest BCUT2D eigenvalue weighted by atomic mass is 32.1. The molecule has 18 heavy (non-hydrogen) atoms. The number of hydrogen-bond donors (Lipinski definition) is 1. The van der Waals surface area contributed by atoms with Gasteiger partial charge in [0.15, 0.2) is 0 Å². The molecule has 0 spiro atoms.